The molecule has 0 radical (unpaired) electrons. The van der Waals surface area contributed by atoms with Crippen molar-refractivity contribution in [3.05, 3.63) is 59.2 Å². The summed E-state index contributed by atoms with van der Waals surface area (Å²) in [6, 6.07) is 10.3. The molecule has 0 aliphatic carbocycles. The Bertz CT molecular complexity index is 1280. The first-order valence-electron chi connectivity index (χ1n) is 13.4. The monoisotopic (exact) mass is 608 g/mol. The zero-order valence-corrected chi connectivity index (χ0v) is 24.0. The number of hydrogen-bond donors (Lipinski definition) is 1. The van der Waals surface area contributed by atoms with Gasteiger partial charge < -0.3 is 15.0 Å². The quantitative estimate of drug-likeness (QED) is 0.354. The fourth-order valence-electron chi connectivity index (χ4n) is 4.16. The summed E-state index contributed by atoms with van der Waals surface area (Å²) in [4.78, 5) is 30.3. The average molecular weight is 609 g/mol. The number of nitriles is 2. The van der Waals surface area contributed by atoms with Gasteiger partial charge in [0.25, 0.3) is 0 Å². The molecule has 1 amide bonds. The number of aldehydes is 1. The summed E-state index contributed by atoms with van der Waals surface area (Å²) in [5, 5.41) is 20.5. The van der Waals surface area contributed by atoms with Crippen molar-refractivity contribution in [1.29, 1.82) is 10.5 Å². The number of amides is 1. The van der Waals surface area contributed by atoms with E-state index in [9.17, 15) is 26.7 Å². The van der Waals surface area contributed by atoms with Crippen LogP contribution in [0.25, 0.3) is 0 Å². The molecule has 0 bridgehead atoms. The Morgan fingerprint density at radius 2 is 1.33 bits per heavy atom. The van der Waals surface area contributed by atoms with Crippen molar-refractivity contribution in [3.63, 3.8) is 0 Å². The first-order valence-corrected chi connectivity index (χ1v) is 13.4. The molecule has 2 aromatic rings. The van der Waals surface area contributed by atoms with E-state index in [1.54, 1.807) is 45.0 Å². The second-order valence-corrected chi connectivity index (χ2v) is 10.9. The van der Waals surface area contributed by atoms with Crippen molar-refractivity contribution in [2.24, 2.45) is 0 Å². The second kappa shape index (κ2) is 14.8. The highest BCUT2D eigenvalue weighted by molar-refractivity contribution is 5.68. The number of piperidine rings is 2. The van der Waals surface area contributed by atoms with Gasteiger partial charge in [0, 0.05) is 38.3 Å². The molecule has 2 fully saturated rings. The summed E-state index contributed by atoms with van der Waals surface area (Å²) in [6.45, 7) is 7.33. The molecule has 4 heterocycles. The number of ether oxygens (including phenoxy) is 1. The number of aromatic nitrogens is 2. The van der Waals surface area contributed by atoms with E-state index < -0.39 is 35.5 Å². The molecule has 43 heavy (non-hydrogen) atoms. The standard InChI is InChI=1S/C16H20FN3O2.C11H12FN3.C2HF3O/c1-15(2,3)22-14(21)20-8-6-16(17,7-9-20)13-5-4-12(10-18)11-19-13;12-11(3-5-14-6-4-11)10-2-1-9(7-13)8-15-10;3-2(4,5)1-6/h4-5,11H,6-9H2,1-3H3;1-2,8,14H,3-6H2;1H. The molecular formula is C29H33F5N6O3. The van der Waals surface area contributed by atoms with Gasteiger partial charge in [-0.1, -0.05) is 0 Å². The van der Waals surface area contributed by atoms with E-state index in [1.807, 2.05) is 12.1 Å². The van der Waals surface area contributed by atoms with Crippen molar-refractivity contribution in [1.82, 2.24) is 20.2 Å². The first-order chi connectivity index (χ1) is 20.0. The molecule has 2 aromatic heterocycles. The smallest absolute Gasteiger partial charge is 0.444 e. The lowest BCUT2D eigenvalue weighted by Gasteiger charge is -2.36. The van der Waals surface area contributed by atoms with Gasteiger partial charge in [0.15, 0.2) is 11.3 Å². The zero-order chi connectivity index (χ0) is 32.3. The number of alkyl halides is 5. The van der Waals surface area contributed by atoms with Crippen LogP contribution >= 0.6 is 0 Å². The van der Waals surface area contributed by atoms with E-state index >= 15 is 0 Å². The molecule has 2 saturated heterocycles. The first kappa shape index (κ1) is 35.0. The Balaban J connectivity index is 0.000000264. The molecule has 9 nitrogen and oxygen atoms in total. The highest BCUT2D eigenvalue weighted by Gasteiger charge is 2.40. The largest absolute Gasteiger partial charge is 0.446 e. The minimum atomic E-state index is -4.64. The number of pyridine rings is 2. The predicted octanol–water partition coefficient (Wildman–Crippen LogP) is 5.40. The summed E-state index contributed by atoms with van der Waals surface area (Å²) < 4.78 is 65.9. The molecule has 0 atom stereocenters. The van der Waals surface area contributed by atoms with Crippen LogP contribution in [0.2, 0.25) is 0 Å². The third-order valence-corrected chi connectivity index (χ3v) is 6.44. The number of carbonyl (C=O) groups is 2. The number of nitrogens with one attached hydrogen (secondary N) is 1. The third-order valence-electron chi connectivity index (χ3n) is 6.44. The van der Waals surface area contributed by atoms with Crippen LogP contribution in [-0.4, -0.2) is 65.2 Å². The van der Waals surface area contributed by atoms with Gasteiger partial charge in [-0.25, -0.2) is 13.6 Å². The summed E-state index contributed by atoms with van der Waals surface area (Å²) >= 11 is 0. The summed E-state index contributed by atoms with van der Waals surface area (Å²) in [5.41, 5.74) is -1.81. The van der Waals surface area contributed by atoms with E-state index in [0.29, 0.717) is 48.4 Å². The molecule has 0 saturated carbocycles. The van der Waals surface area contributed by atoms with Gasteiger partial charge in [-0.3, -0.25) is 14.8 Å². The van der Waals surface area contributed by atoms with Crippen molar-refractivity contribution >= 4 is 12.4 Å². The molecule has 4 rings (SSSR count). The Morgan fingerprint density at radius 1 is 0.907 bits per heavy atom. The van der Waals surface area contributed by atoms with Crippen LogP contribution in [0.3, 0.4) is 0 Å². The molecule has 0 spiro atoms. The number of likely N-dealkylation sites (tertiary alicyclic amines) is 1. The Labute approximate surface area is 246 Å². The average Bonchev–Trinajstić information content (AvgIpc) is 2.97. The van der Waals surface area contributed by atoms with Crippen molar-refractivity contribution < 1.29 is 36.3 Å². The lowest BCUT2D eigenvalue weighted by atomic mass is 9.89. The van der Waals surface area contributed by atoms with Gasteiger partial charge in [0.05, 0.1) is 22.5 Å². The molecule has 1 N–H and O–H groups in total. The normalized spacial score (nSPS) is 17.4. The van der Waals surface area contributed by atoms with Crippen LogP contribution in [0.5, 0.6) is 0 Å². The van der Waals surface area contributed by atoms with E-state index in [1.165, 1.54) is 17.3 Å². The molecule has 2 aliphatic rings. The maximum Gasteiger partial charge on any atom is 0.446 e. The molecule has 0 aromatic carbocycles. The zero-order valence-electron chi connectivity index (χ0n) is 24.0. The lowest BCUT2D eigenvalue weighted by molar-refractivity contribution is -0.156. The fraction of sp³-hybridized carbons (Fsp3) is 0.517. The summed E-state index contributed by atoms with van der Waals surface area (Å²) in [6.07, 6.45) is -2.07. The Morgan fingerprint density at radius 3 is 1.65 bits per heavy atom. The van der Waals surface area contributed by atoms with E-state index in [0.717, 1.165) is 0 Å². The van der Waals surface area contributed by atoms with Gasteiger partial charge in [0.2, 0.25) is 6.29 Å². The minimum absolute atomic E-state index is 0.172. The predicted molar refractivity (Wildman–Crippen MR) is 145 cm³/mol. The van der Waals surface area contributed by atoms with Crippen molar-refractivity contribution in [3.8, 4) is 12.1 Å². The fourth-order valence-corrected chi connectivity index (χ4v) is 4.16. The SMILES string of the molecule is CC(C)(C)OC(=O)N1CCC(F)(c2ccc(C#N)cn2)CC1.N#Cc1ccc(C2(F)CCNCC2)nc1.O=CC(F)(F)F. The van der Waals surface area contributed by atoms with Gasteiger partial charge in [-0.2, -0.15) is 23.7 Å². The van der Waals surface area contributed by atoms with Gasteiger partial charge >= 0.3 is 12.3 Å². The van der Waals surface area contributed by atoms with Crippen LogP contribution in [0.15, 0.2) is 36.7 Å². The third kappa shape index (κ3) is 11.2. The maximum absolute atomic E-state index is 15.0. The Kier molecular flexibility index (Phi) is 12.1. The maximum atomic E-state index is 15.0. The minimum Gasteiger partial charge on any atom is -0.444 e. The molecule has 2 aliphatic heterocycles. The van der Waals surface area contributed by atoms with Crippen LogP contribution in [0.4, 0.5) is 26.7 Å². The van der Waals surface area contributed by atoms with E-state index in [2.05, 4.69) is 15.3 Å². The van der Waals surface area contributed by atoms with Crippen LogP contribution < -0.4 is 5.32 Å². The number of rotatable bonds is 2. The van der Waals surface area contributed by atoms with E-state index in [-0.39, 0.29) is 25.9 Å². The highest BCUT2D eigenvalue weighted by Crippen LogP contribution is 2.36. The molecule has 0 unspecified atom stereocenters. The molecule has 232 valence electrons. The Hall–Kier alpha value is -4.17. The topological polar surface area (TPSA) is 132 Å². The second-order valence-electron chi connectivity index (χ2n) is 10.9. The van der Waals surface area contributed by atoms with Crippen LogP contribution in [0.1, 0.15) is 69.0 Å². The van der Waals surface area contributed by atoms with Gasteiger partial charge in [0.1, 0.15) is 17.7 Å². The number of halogens is 5. The lowest BCUT2D eigenvalue weighted by Crippen LogP contribution is -2.45. The van der Waals surface area contributed by atoms with Crippen LogP contribution in [-0.2, 0) is 20.9 Å². The van der Waals surface area contributed by atoms with Crippen molar-refractivity contribution in [2.75, 3.05) is 26.2 Å². The van der Waals surface area contributed by atoms with Crippen LogP contribution in [0, 0.1) is 22.7 Å². The number of carbonyl (C=O) groups excluding carboxylic acids is 2. The summed E-state index contributed by atoms with van der Waals surface area (Å²) in [5.74, 6) is 0. The number of hydrogen-bond acceptors (Lipinski definition) is 8. The van der Waals surface area contributed by atoms with E-state index in [4.69, 9.17) is 20.1 Å². The molecule has 14 heteroatoms. The number of nitrogens with zero attached hydrogens (tertiary/aromatic N) is 5. The van der Waals surface area contributed by atoms with Crippen molar-refractivity contribution in [2.45, 2.75) is 69.6 Å². The highest BCUT2D eigenvalue weighted by atomic mass is 19.4. The summed E-state index contributed by atoms with van der Waals surface area (Å²) in [7, 11) is 0. The van der Waals surface area contributed by atoms with Gasteiger partial charge in [-0.15, -0.1) is 0 Å². The molecular weight excluding hydrogens is 575 g/mol. The van der Waals surface area contributed by atoms with Gasteiger partial charge in [-0.05, 0) is 71.0 Å².